The normalized spacial score (nSPS) is 10.1. The second-order valence-corrected chi connectivity index (χ2v) is 6.34. The van der Waals surface area contributed by atoms with Crippen LogP contribution in [0.25, 0.3) is 0 Å². The minimum atomic E-state index is -0.334. The van der Waals surface area contributed by atoms with Crippen LogP contribution in [0, 0.1) is 0 Å². The molecule has 0 saturated heterocycles. The summed E-state index contributed by atoms with van der Waals surface area (Å²) >= 11 is 0. The van der Waals surface area contributed by atoms with Crippen molar-refractivity contribution in [1.29, 1.82) is 0 Å². The van der Waals surface area contributed by atoms with Crippen LogP contribution < -0.4 is 16.0 Å². The number of nitrogens with zero attached hydrogens (tertiary/aromatic N) is 1. The first kappa shape index (κ1) is 19.8. The Kier molecular flexibility index (Phi) is 6.32. The number of hydrogen-bond acceptors (Lipinski definition) is 4. The van der Waals surface area contributed by atoms with Crippen LogP contribution in [-0.2, 0) is 11.3 Å². The van der Waals surface area contributed by atoms with Crippen molar-refractivity contribution in [3.8, 4) is 0 Å². The van der Waals surface area contributed by atoms with Gasteiger partial charge in [-0.15, -0.1) is 0 Å². The maximum Gasteiger partial charge on any atom is 0.255 e. The van der Waals surface area contributed by atoms with Crippen LogP contribution >= 0.6 is 0 Å². The molecule has 1 aromatic heterocycles. The van der Waals surface area contributed by atoms with Crippen LogP contribution in [0.15, 0.2) is 73.1 Å². The van der Waals surface area contributed by atoms with Crippen molar-refractivity contribution in [1.82, 2.24) is 10.3 Å². The zero-order chi connectivity index (χ0) is 20.6. The Labute approximate surface area is 168 Å². The SMILES string of the molecule is CC(=O)Nc1ccc(NC(=O)c2cccc(C(=O)NCc3cccnc3)c2)cc1. The van der Waals surface area contributed by atoms with E-state index >= 15 is 0 Å². The summed E-state index contributed by atoms with van der Waals surface area (Å²) in [4.78, 5) is 40.0. The number of anilines is 2. The van der Waals surface area contributed by atoms with Gasteiger partial charge in [0.15, 0.2) is 0 Å². The molecule has 3 amide bonds. The van der Waals surface area contributed by atoms with E-state index in [-0.39, 0.29) is 17.7 Å². The van der Waals surface area contributed by atoms with Crippen LogP contribution in [0.1, 0.15) is 33.2 Å². The summed E-state index contributed by atoms with van der Waals surface area (Å²) < 4.78 is 0. The molecule has 3 aromatic rings. The predicted molar refractivity (Wildman–Crippen MR) is 111 cm³/mol. The van der Waals surface area contributed by atoms with E-state index in [0.717, 1.165) is 5.56 Å². The van der Waals surface area contributed by atoms with Gasteiger partial charge in [0.2, 0.25) is 5.91 Å². The fourth-order valence-corrected chi connectivity index (χ4v) is 2.63. The zero-order valence-corrected chi connectivity index (χ0v) is 15.8. The minimum absolute atomic E-state index is 0.166. The molecule has 0 bridgehead atoms. The van der Waals surface area contributed by atoms with E-state index in [9.17, 15) is 14.4 Å². The number of hydrogen-bond donors (Lipinski definition) is 3. The first-order chi connectivity index (χ1) is 14.0. The zero-order valence-electron chi connectivity index (χ0n) is 15.8. The van der Waals surface area contributed by atoms with Crippen molar-refractivity contribution in [2.75, 3.05) is 10.6 Å². The van der Waals surface area contributed by atoms with Crippen LogP contribution in [-0.4, -0.2) is 22.7 Å². The topological polar surface area (TPSA) is 100 Å². The monoisotopic (exact) mass is 388 g/mol. The molecule has 0 radical (unpaired) electrons. The largest absolute Gasteiger partial charge is 0.348 e. The van der Waals surface area contributed by atoms with Crippen molar-refractivity contribution in [2.45, 2.75) is 13.5 Å². The van der Waals surface area contributed by atoms with Crippen molar-refractivity contribution >= 4 is 29.1 Å². The summed E-state index contributed by atoms with van der Waals surface area (Å²) in [6.45, 7) is 1.78. The highest BCUT2D eigenvalue weighted by atomic mass is 16.2. The van der Waals surface area contributed by atoms with E-state index in [2.05, 4.69) is 20.9 Å². The quantitative estimate of drug-likeness (QED) is 0.604. The second-order valence-electron chi connectivity index (χ2n) is 6.34. The summed E-state index contributed by atoms with van der Waals surface area (Å²) in [5, 5.41) is 8.24. The number of nitrogens with one attached hydrogen (secondary N) is 3. The standard InChI is InChI=1S/C22H20N4O3/c1-15(27)25-19-7-9-20(10-8-19)26-22(29)18-6-2-5-17(12-18)21(28)24-14-16-4-3-11-23-13-16/h2-13H,14H2,1H3,(H,24,28)(H,25,27)(H,26,29). The number of rotatable bonds is 6. The molecule has 7 heteroatoms. The molecule has 0 aliphatic heterocycles. The highest BCUT2D eigenvalue weighted by Crippen LogP contribution is 2.15. The average molecular weight is 388 g/mol. The van der Waals surface area contributed by atoms with Crippen molar-refractivity contribution in [3.05, 3.63) is 89.7 Å². The molecule has 0 aliphatic rings. The Morgan fingerprint density at radius 2 is 1.48 bits per heavy atom. The fraction of sp³-hybridized carbons (Fsp3) is 0.0909. The molecule has 0 fully saturated rings. The van der Waals surface area contributed by atoms with Gasteiger partial charge in [0.05, 0.1) is 0 Å². The van der Waals surface area contributed by atoms with E-state index in [4.69, 9.17) is 0 Å². The lowest BCUT2D eigenvalue weighted by Crippen LogP contribution is -2.23. The third-order valence-electron chi connectivity index (χ3n) is 4.03. The summed E-state index contributed by atoms with van der Waals surface area (Å²) in [5.74, 6) is -0.775. The minimum Gasteiger partial charge on any atom is -0.348 e. The highest BCUT2D eigenvalue weighted by Gasteiger charge is 2.11. The van der Waals surface area contributed by atoms with Gasteiger partial charge in [0.25, 0.3) is 11.8 Å². The Bertz CT molecular complexity index is 1020. The lowest BCUT2D eigenvalue weighted by atomic mass is 10.1. The first-order valence-corrected chi connectivity index (χ1v) is 8.97. The number of amides is 3. The van der Waals surface area contributed by atoms with Crippen LogP contribution in [0.4, 0.5) is 11.4 Å². The lowest BCUT2D eigenvalue weighted by molar-refractivity contribution is -0.114. The maximum atomic E-state index is 12.5. The molecular formula is C22H20N4O3. The van der Waals surface area contributed by atoms with E-state index in [1.165, 1.54) is 6.92 Å². The molecule has 7 nitrogen and oxygen atoms in total. The van der Waals surface area contributed by atoms with Crippen LogP contribution in [0.3, 0.4) is 0 Å². The molecule has 0 saturated carbocycles. The Balaban J connectivity index is 1.62. The van der Waals surface area contributed by atoms with Crippen molar-refractivity contribution in [3.63, 3.8) is 0 Å². The first-order valence-electron chi connectivity index (χ1n) is 8.97. The lowest BCUT2D eigenvalue weighted by Gasteiger charge is -2.09. The van der Waals surface area contributed by atoms with Gasteiger partial charge in [-0.25, -0.2) is 0 Å². The summed E-state index contributed by atoms with van der Waals surface area (Å²) in [5.41, 5.74) is 2.86. The number of benzene rings is 2. The highest BCUT2D eigenvalue weighted by molar-refractivity contribution is 6.06. The van der Waals surface area contributed by atoms with Crippen LogP contribution in [0.5, 0.6) is 0 Å². The number of carbonyl (C=O) groups is 3. The number of carbonyl (C=O) groups excluding carboxylic acids is 3. The van der Waals surface area contributed by atoms with Gasteiger partial charge in [0, 0.05) is 48.4 Å². The molecule has 0 spiro atoms. The van der Waals surface area contributed by atoms with Gasteiger partial charge in [-0.2, -0.15) is 0 Å². The smallest absolute Gasteiger partial charge is 0.255 e. The summed E-state index contributed by atoms with van der Waals surface area (Å²) in [6, 6.07) is 16.9. The van der Waals surface area contributed by atoms with Gasteiger partial charge in [-0.05, 0) is 54.1 Å². The van der Waals surface area contributed by atoms with Crippen molar-refractivity contribution < 1.29 is 14.4 Å². The Morgan fingerprint density at radius 3 is 2.10 bits per heavy atom. The molecule has 146 valence electrons. The van der Waals surface area contributed by atoms with E-state index in [1.807, 2.05) is 6.07 Å². The molecule has 2 aromatic carbocycles. The van der Waals surface area contributed by atoms with Crippen molar-refractivity contribution in [2.24, 2.45) is 0 Å². The Morgan fingerprint density at radius 1 is 0.828 bits per heavy atom. The van der Waals surface area contributed by atoms with Crippen LogP contribution in [0.2, 0.25) is 0 Å². The third kappa shape index (κ3) is 5.74. The Hall–Kier alpha value is -4.00. The molecule has 3 N–H and O–H groups in total. The predicted octanol–water partition coefficient (Wildman–Crippen LogP) is 3.22. The average Bonchev–Trinajstić information content (AvgIpc) is 2.74. The van der Waals surface area contributed by atoms with Gasteiger partial charge < -0.3 is 16.0 Å². The van der Waals surface area contributed by atoms with Gasteiger partial charge in [-0.1, -0.05) is 12.1 Å². The molecule has 0 aliphatic carbocycles. The molecule has 29 heavy (non-hydrogen) atoms. The van der Waals surface area contributed by atoms with Gasteiger partial charge >= 0.3 is 0 Å². The summed E-state index contributed by atoms with van der Waals surface area (Å²) in [6.07, 6.45) is 3.35. The third-order valence-corrected chi connectivity index (χ3v) is 4.03. The fourth-order valence-electron chi connectivity index (χ4n) is 2.63. The van der Waals surface area contributed by atoms with Gasteiger partial charge in [-0.3, -0.25) is 19.4 Å². The summed E-state index contributed by atoms with van der Waals surface area (Å²) in [7, 11) is 0. The second kappa shape index (κ2) is 9.27. The van der Waals surface area contributed by atoms with E-state index in [1.54, 1.807) is 67.0 Å². The number of pyridine rings is 1. The maximum absolute atomic E-state index is 12.5. The molecule has 3 rings (SSSR count). The molecule has 1 heterocycles. The molecular weight excluding hydrogens is 368 g/mol. The molecule has 0 atom stereocenters. The number of aromatic nitrogens is 1. The van der Waals surface area contributed by atoms with E-state index < -0.39 is 0 Å². The van der Waals surface area contributed by atoms with Gasteiger partial charge in [0.1, 0.15) is 0 Å². The molecule has 0 unspecified atom stereocenters. The van der Waals surface area contributed by atoms with E-state index in [0.29, 0.717) is 29.0 Å².